The number of amides is 2. The van der Waals surface area contributed by atoms with Gasteiger partial charge in [-0.1, -0.05) is 55.0 Å². The lowest BCUT2D eigenvalue weighted by atomic mass is 10.1. The van der Waals surface area contributed by atoms with E-state index in [1.165, 1.54) is 5.56 Å². The third kappa shape index (κ3) is 5.60. The molecule has 2 aromatic rings. The van der Waals surface area contributed by atoms with Crippen LogP contribution in [0.5, 0.6) is 0 Å². The van der Waals surface area contributed by atoms with E-state index in [1.807, 2.05) is 18.2 Å². The van der Waals surface area contributed by atoms with Gasteiger partial charge in [0.2, 0.25) is 5.91 Å². The van der Waals surface area contributed by atoms with E-state index in [-0.39, 0.29) is 12.8 Å². The topological polar surface area (TPSA) is 104 Å². The molecule has 0 saturated carbocycles. The smallest absolute Gasteiger partial charge is 0.326 e. The van der Waals surface area contributed by atoms with Crippen LogP contribution >= 0.6 is 0 Å². The second-order valence-electron chi connectivity index (χ2n) is 8.06. The Balaban J connectivity index is 1.61. The van der Waals surface area contributed by atoms with Crippen LogP contribution in [-0.2, 0) is 20.8 Å². The van der Waals surface area contributed by atoms with Crippen LogP contribution in [0.2, 0.25) is 0 Å². The highest BCUT2D eigenvalue weighted by atomic mass is 16.4. The van der Waals surface area contributed by atoms with Gasteiger partial charge in [0.15, 0.2) is 11.9 Å². The Morgan fingerprint density at radius 1 is 1.00 bits per heavy atom. The van der Waals surface area contributed by atoms with Crippen LogP contribution in [-0.4, -0.2) is 45.8 Å². The zero-order valence-corrected chi connectivity index (χ0v) is 18.1. The predicted molar refractivity (Wildman–Crippen MR) is 119 cm³/mol. The first-order valence-electron chi connectivity index (χ1n) is 10.9. The molecule has 1 unspecified atom stereocenters. The molecule has 1 saturated heterocycles. The average Bonchev–Trinajstić information content (AvgIpc) is 3.10. The van der Waals surface area contributed by atoms with Crippen LogP contribution in [0, 0.1) is 6.92 Å². The Labute approximate surface area is 187 Å². The van der Waals surface area contributed by atoms with Gasteiger partial charge in [0.25, 0.3) is 5.91 Å². The minimum atomic E-state index is -1.26. The van der Waals surface area contributed by atoms with Crippen molar-refractivity contribution >= 4 is 23.6 Å². The maximum Gasteiger partial charge on any atom is 0.326 e. The Morgan fingerprint density at radius 2 is 1.69 bits per heavy atom. The third-order valence-electron chi connectivity index (χ3n) is 5.74. The predicted octanol–water partition coefficient (Wildman–Crippen LogP) is 3.11. The van der Waals surface area contributed by atoms with Crippen molar-refractivity contribution in [3.05, 3.63) is 71.3 Å². The van der Waals surface area contributed by atoms with E-state index in [0.717, 1.165) is 29.7 Å². The van der Waals surface area contributed by atoms with Gasteiger partial charge in [0.1, 0.15) is 6.04 Å². The number of carbonyl (C=O) groups excluding carboxylic acids is 3. The number of hydrogen-bond acceptors (Lipinski definition) is 4. The van der Waals surface area contributed by atoms with Crippen LogP contribution in [0.1, 0.15) is 53.6 Å². The van der Waals surface area contributed by atoms with Crippen LogP contribution in [0.3, 0.4) is 0 Å². The molecular weight excluding hydrogens is 408 g/mol. The van der Waals surface area contributed by atoms with Gasteiger partial charge < -0.3 is 15.3 Å². The number of aryl methyl sites for hydroxylation is 2. The van der Waals surface area contributed by atoms with Gasteiger partial charge in [-0.25, -0.2) is 4.79 Å². The molecule has 2 aromatic carbocycles. The van der Waals surface area contributed by atoms with Crippen molar-refractivity contribution in [2.75, 3.05) is 0 Å². The molecule has 1 fully saturated rings. The number of rotatable bonds is 9. The minimum absolute atomic E-state index is 0.128. The van der Waals surface area contributed by atoms with Crippen molar-refractivity contribution in [2.45, 2.75) is 57.7 Å². The van der Waals surface area contributed by atoms with Gasteiger partial charge in [0.05, 0.1) is 0 Å². The van der Waals surface area contributed by atoms with Crippen LogP contribution in [0.25, 0.3) is 0 Å². The molecule has 168 valence electrons. The number of carbonyl (C=O) groups is 4. The summed E-state index contributed by atoms with van der Waals surface area (Å²) < 4.78 is 0. The molecule has 3 rings (SSSR count). The number of aliphatic carboxylic acids is 1. The number of unbranched alkanes of at least 4 members (excludes halogenated alkanes) is 2. The van der Waals surface area contributed by atoms with E-state index in [1.54, 1.807) is 31.2 Å². The summed E-state index contributed by atoms with van der Waals surface area (Å²) >= 11 is 0. The number of nitrogens with one attached hydrogen (secondary N) is 1. The van der Waals surface area contributed by atoms with Crippen LogP contribution < -0.4 is 5.32 Å². The molecule has 2 atom stereocenters. The Bertz CT molecular complexity index is 989. The summed E-state index contributed by atoms with van der Waals surface area (Å²) in [6, 6.07) is 15.7. The molecule has 0 bridgehead atoms. The van der Waals surface area contributed by atoms with Crippen LogP contribution in [0.4, 0.5) is 0 Å². The first-order chi connectivity index (χ1) is 15.4. The largest absolute Gasteiger partial charge is 0.480 e. The molecule has 1 aliphatic heterocycles. The number of likely N-dealkylation sites (tertiary alicyclic amines) is 1. The maximum absolute atomic E-state index is 12.9. The fraction of sp³-hybridized carbons (Fsp3) is 0.360. The van der Waals surface area contributed by atoms with Gasteiger partial charge in [0, 0.05) is 18.4 Å². The fourth-order valence-corrected chi connectivity index (χ4v) is 4.00. The summed E-state index contributed by atoms with van der Waals surface area (Å²) in [5, 5.41) is 12.1. The van der Waals surface area contributed by atoms with Gasteiger partial charge >= 0.3 is 5.97 Å². The fourth-order valence-electron chi connectivity index (χ4n) is 4.00. The number of carboxylic acids is 1. The summed E-state index contributed by atoms with van der Waals surface area (Å²) in [5.41, 5.74) is 2.34. The monoisotopic (exact) mass is 436 g/mol. The molecule has 7 heteroatoms. The van der Waals surface area contributed by atoms with Crippen molar-refractivity contribution in [3.63, 3.8) is 0 Å². The summed E-state index contributed by atoms with van der Waals surface area (Å²) in [6.45, 7) is 1.77. The van der Waals surface area contributed by atoms with Crippen molar-refractivity contribution in [1.29, 1.82) is 0 Å². The lowest BCUT2D eigenvalue weighted by Crippen LogP contribution is -2.53. The van der Waals surface area contributed by atoms with E-state index in [4.69, 9.17) is 0 Å². The lowest BCUT2D eigenvalue weighted by molar-refractivity contribution is -0.150. The lowest BCUT2D eigenvalue weighted by Gasteiger charge is -2.28. The number of Topliss-reactive ketones (excluding diaryl/α,β-unsaturated/α-hetero) is 1. The van der Waals surface area contributed by atoms with E-state index >= 15 is 0 Å². The van der Waals surface area contributed by atoms with Crippen molar-refractivity contribution < 1.29 is 24.3 Å². The summed E-state index contributed by atoms with van der Waals surface area (Å²) in [5.74, 6) is -2.66. The number of carboxylic acid groups (broad SMARTS) is 1. The molecule has 0 aromatic heterocycles. The first-order valence-corrected chi connectivity index (χ1v) is 10.9. The van der Waals surface area contributed by atoms with E-state index in [2.05, 4.69) is 17.4 Å². The molecule has 0 aliphatic carbocycles. The summed E-state index contributed by atoms with van der Waals surface area (Å²) in [4.78, 5) is 50.8. The summed E-state index contributed by atoms with van der Waals surface area (Å²) in [7, 11) is 0. The minimum Gasteiger partial charge on any atom is -0.480 e. The molecule has 7 nitrogen and oxygen atoms in total. The van der Waals surface area contributed by atoms with Crippen LogP contribution in [0.15, 0.2) is 54.6 Å². The van der Waals surface area contributed by atoms with E-state index < -0.39 is 35.8 Å². The number of nitrogens with zero attached hydrogens (tertiary/aromatic N) is 1. The van der Waals surface area contributed by atoms with Crippen molar-refractivity contribution in [2.24, 2.45) is 0 Å². The van der Waals surface area contributed by atoms with Gasteiger partial charge in [-0.2, -0.15) is 0 Å². The number of hydrogen-bond donors (Lipinski definition) is 2. The van der Waals surface area contributed by atoms with Gasteiger partial charge in [-0.05, 0) is 43.4 Å². The normalized spacial score (nSPS) is 17.9. The number of benzene rings is 2. The molecular formula is C25H28N2O5. The average molecular weight is 437 g/mol. The molecule has 32 heavy (non-hydrogen) atoms. The van der Waals surface area contributed by atoms with Gasteiger partial charge in [-0.15, -0.1) is 0 Å². The Hall–Kier alpha value is -3.48. The standard InChI is InChI=1S/C25H28N2O5/c1-17-10-8-9-14-19(17)24(30)26-23-21(28)16-20(25(31)32)27(23)22(29)15-7-3-6-13-18-11-4-2-5-12-18/h2,4-5,8-12,14,20,23H,3,6-7,13,15-16H2,1H3,(H,26,30)(H,31,32)/t20-,23?/m0/s1. The molecule has 2 N–H and O–H groups in total. The van der Waals surface area contributed by atoms with Crippen molar-refractivity contribution in [1.82, 2.24) is 10.2 Å². The molecule has 0 spiro atoms. The molecule has 2 amide bonds. The first kappa shape index (κ1) is 23.2. The second-order valence-corrected chi connectivity index (χ2v) is 8.06. The third-order valence-corrected chi connectivity index (χ3v) is 5.74. The summed E-state index contributed by atoms with van der Waals surface area (Å²) in [6.07, 6.45) is 1.76. The molecule has 0 radical (unpaired) electrons. The highest BCUT2D eigenvalue weighted by molar-refractivity contribution is 6.03. The Kier molecular flexibility index (Phi) is 7.76. The number of ketones is 1. The van der Waals surface area contributed by atoms with E-state index in [9.17, 15) is 24.3 Å². The molecule has 1 heterocycles. The Morgan fingerprint density at radius 3 is 2.38 bits per heavy atom. The van der Waals surface area contributed by atoms with E-state index in [0.29, 0.717) is 12.0 Å². The highest BCUT2D eigenvalue weighted by Gasteiger charge is 2.47. The second kappa shape index (κ2) is 10.7. The van der Waals surface area contributed by atoms with Crippen molar-refractivity contribution in [3.8, 4) is 0 Å². The zero-order valence-electron chi connectivity index (χ0n) is 18.1. The maximum atomic E-state index is 12.9. The highest BCUT2D eigenvalue weighted by Crippen LogP contribution is 2.23. The quantitative estimate of drug-likeness (QED) is 0.588. The van der Waals surface area contributed by atoms with Gasteiger partial charge in [-0.3, -0.25) is 14.4 Å². The molecule has 1 aliphatic rings. The zero-order chi connectivity index (χ0) is 23.1. The SMILES string of the molecule is Cc1ccccc1C(=O)NC1C(=O)C[C@@H](C(=O)O)N1C(=O)CCCCCc1ccccc1.